The molecule has 1 rings (SSSR count). The van der Waals surface area contributed by atoms with Gasteiger partial charge in [-0.05, 0) is 16.9 Å². The molecule has 0 saturated carbocycles. The van der Waals surface area contributed by atoms with Crippen molar-refractivity contribution in [1.29, 1.82) is 0 Å². The molecule has 1 amide bonds. The molecule has 1 aromatic rings. The molecule has 0 radical (unpaired) electrons. The fraction of sp³-hybridized carbons (Fsp3) is 0.636. The minimum atomic E-state index is -3.50. The summed E-state index contributed by atoms with van der Waals surface area (Å²) in [5.74, 6) is -0.156. The summed E-state index contributed by atoms with van der Waals surface area (Å²) >= 11 is 1.14. The summed E-state index contributed by atoms with van der Waals surface area (Å²) in [6.45, 7) is 5.33. The lowest BCUT2D eigenvalue weighted by molar-refractivity contribution is -0.119. The lowest BCUT2D eigenvalue weighted by atomic mass is 9.87. The Labute approximate surface area is 122 Å². The van der Waals surface area contributed by atoms with Gasteiger partial charge in [-0.3, -0.25) is 4.79 Å². The Balaban J connectivity index is 2.95. The first-order chi connectivity index (χ1) is 9.04. The Morgan fingerprint density at radius 2 is 2.05 bits per heavy atom. The first-order valence-electron chi connectivity index (χ1n) is 5.81. The van der Waals surface area contributed by atoms with Crippen molar-refractivity contribution < 1.29 is 17.9 Å². The molecule has 0 aliphatic rings. The molecule has 0 aliphatic heterocycles. The van der Waals surface area contributed by atoms with Crippen LogP contribution in [0.5, 0.6) is 5.88 Å². The Morgan fingerprint density at radius 3 is 2.50 bits per heavy atom. The van der Waals surface area contributed by atoms with Gasteiger partial charge in [-0.1, -0.05) is 20.8 Å². The number of aromatic nitrogens is 1. The monoisotopic (exact) mass is 321 g/mol. The third kappa shape index (κ3) is 4.73. The Hall–Kier alpha value is -1.19. The average molecular weight is 321 g/mol. The normalized spacial score (nSPS) is 13.8. The van der Waals surface area contributed by atoms with E-state index in [-0.39, 0.29) is 0 Å². The zero-order valence-electron chi connectivity index (χ0n) is 12.1. The second kappa shape index (κ2) is 6.06. The predicted octanol–water partition coefficient (Wildman–Crippen LogP) is 1.05. The minimum Gasteiger partial charge on any atom is -0.479 e. The van der Waals surface area contributed by atoms with Crippen LogP contribution in [0.4, 0.5) is 5.69 Å². The number of amides is 1. The van der Waals surface area contributed by atoms with Gasteiger partial charge in [-0.2, -0.15) is 4.37 Å². The first-order valence-corrected chi connectivity index (χ1v) is 8.54. The summed E-state index contributed by atoms with van der Waals surface area (Å²) in [6, 6.07) is -0.901. The third-order valence-corrected chi connectivity index (χ3v) is 3.72. The summed E-state index contributed by atoms with van der Waals surface area (Å²) in [4.78, 5) is 12.3. The summed E-state index contributed by atoms with van der Waals surface area (Å²) in [7, 11) is -2.06. The summed E-state index contributed by atoms with van der Waals surface area (Å²) < 4.78 is 34.1. The first kappa shape index (κ1) is 16.9. The van der Waals surface area contributed by atoms with Gasteiger partial charge < -0.3 is 10.1 Å². The molecule has 20 heavy (non-hydrogen) atoms. The van der Waals surface area contributed by atoms with E-state index >= 15 is 0 Å². The largest absolute Gasteiger partial charge is 0.479 e. The predicted molar refractivity (Wildman–Crippen MR) is 78.5 cm³/mol. The highest BCUT2D eigenvalue weighted by molar-refractivity contribution is 7.88. The van der Waals surface area contributed by atoms with Crippen LogP contribution in [0.15, 0.2) is 5.38 Å². The maximum atomic E-state index is 12.3. The molecule has 1 atom stereocenters. The molecule has 114 valence electrons. The SMILES string of the molecule is COc1nscc1NC(=O)C(NS(C)(=O)=O)C(C)(C)C. The smallest absolute Gasteiger partial charge is 0.249 e. The van der Waals surface area contributed by atoms with E-state index in [4.69, 9.17) is 4.74 Å². The molecule has 0 saturated heterocycles. The van der Waals surface area contributed by atoms with Gasteiger partial charge in [0.2, 0.25) is 21.8 Å². The topological polar surface area (TPSA) is 97.4 Å². The minimum absolute atomic E-state index is 0.301. The summed E-state index contributed by atoms with van der Waals surface area (Å²) in [5.41, 5.74) is -0.156. The quantitative estimate of drug-likeness (QED) is 0.845. The Bertz CT molecular complexity index is 575. The lowest BCUT2D eigenvalue weighted by Gasteiger charge is -2.29. The molecule has 0 bridgehead atoms. The van der Waals surface area contributed by atoms with E-state index in [1.807, 2.05) is 0 Å². The van der Waals surface area contributed by atoms with Crippen LogP contribution in [-0.4, -0.2) is 38.1 Å². The van der Waals surface area contributed by atoms with Gasteiger partial charge in [0.05, 0.1) is 13.4 Å². The van der Waals surface area contributed by atoms with Gasteiger partial charge in [-0.15, -0.1) is 0 Å². The number of rotatable bonds is 5. The van der Waals surface area contributed by atoms with Crippen LogP contribution < -0.4 is 14.8 Å². The van der Waals surface area contributed by atoms with E-state index in [0.717, 1.165) is 17.8 Å². The van der Waals surface area contributed by atoms with Crippen molar-refractivity contribution in [3.8, 4) is 5.88 Å². The standard InChI is InChI=1S/C11H19N3O4S2/c1-11(2,3)8(14-20(5,16)17)9(15)12-7-6-19-13-10(7)18-4/h6,8,14H,1-5H3,(H,12,15). The van der Waals surface area contributed by atoms with Crippen LogP contribution in [0.2, 0.25) is 0 Å². The van der Waals surface area contributed by atoms with Crippen molar-refractivity contribution in [2.45, 2.75) is 26.8 Å². The van der Waals surface area contributed by atoms with Crippen LogP contribution in [0.3, 0.4) is 0 Å². The van der Waals surface area contributed by atoms with Gasteiger partial charge in [-0.25, -0.2) is 13.1 Å². The zero-order chi connectivity index (χ0) is 15.6. The van der Waals surface area contributed by atoms with E-state index in [1.165, 1.54) is 7.11 Å². The van der Waals surface area contributed by atoms with E-state index < -0.39 is 27.4 Å². The Kier molecular flexibility index (Phi) is 5.11. The van der Waals surface area contributed by atoms with Crippen molar-refractivity contribution in [2.75, 3.05) is 18.7 Å². The molecular formula is C11H19N3O4S2. The van der Waals surface area contributed by atoms with Gasteiger partial charge in [0, 0.05) is 5.38 Å². The molecule has 0 aliphatic carbocycles. The molecule has 1 heterocycles. The number of carbonyl (C=O) groups is 1. The number of nitrogens with zero attached hydrogens (tertiary/aromatic N) is 1. The van der Waals surface area contributed by atoms with Crippen molar-refractivity contribution in [2.24, 2.45) is 5.41 Å². The molecule has 9 heteroatoms. The fourth-order valence-corrected chi connectivity index (χ4v) is 2.97. The van der Waals surface area contributed by atoms with Crippen molar-refractivity contribution in [3.05, 3.63) is 5.38 Å². The Morgan fingerprint density at radius 1 is 1.45 bits per heavy atom. The highest BCUT2D eigenvalue weighted by Crippen LogP contribution is 2.27. The van der Waals surface area contributed by atoms with Crippen molar-refractivity contribution in [3.63, 3.8) is 0 Å². The highest BCUT2D eigenvalue weighted by Gasteiger charge is 2.34. The van der Waals surface area contributed by atoms with Crippen LogP contribution in [0.1, 0.15) is 20.8 Å². The molecule has 1 aromatic heterocycles. The summed E-state index contributed by atoms with van der Waals surface area (Å²) in [5, 5.41) is 4.25. The van der Waals surface area contributed by atoms with E-state index in [0.29, 0.717) is 11.6 Å². The number of nitrogens with one attached hydrogen (secondary N) is 2. The second-order valence-corrected chi connectivity index (χ2v) is 7.82. The van der Waals surface area contributed by atoms with E-state index in [9.17, 15) is 13.2 Å². The number of methoxy groups -OCH3 is 1. The van der Waals surface area contributed by atoms with Crippen LogP contribution >= 0.6 is 11.5 Å². The zero-order valence-corrected chi connectivity index (χ0v) is 13.7. The van der Waals surface area contributed by atoms with Crippen LogP contribution in [0.25, 0.3) is 0 Å². The maximum Gasteiger partial charge on any atom is 0.249 e. The van der Waals surface area contributed by atoms with E-state index in [2.05, 4.69) is 14.4 Å². The lowest BCUT2D eigenvalue weighted by Crippen LogP contribution is -2.51. The number of ether oxygens (including phenoxy) is 1. The van der Waals surface area contributed by atoms with Gasteiger partial charge in [0.25, 0.3) is 0 Å². The fourth-order valence-electron chi connectivity index (χ4n) is 1.50. The molecule has 2 N–H and O–H groups in total. The number of carbonyl (C=O) groups excluding carboxylic acids is 1. The van der Waals surface area contributed by atoms with E-state index in [1.54, 1.807) is 26.2 Å². The molecule has 0 aromatic carbocycles. The van der Waals surface area contributed by atoms with Crippen LogP contribution in [0, 0.1) is 5.41 Å². The van der Waals surface area contributed by atoms with Crippen LogP contribution in [-0.2, 0) is 14.8 Å². The number of hydrogen-bond donors (Lipinski definition) is 2. The molecule has 1 unspecified atom stereocenters. The maximum absolute atomic E-state index is 12.3. The van der Waals surface area contributed by atoms with Gasteiger partial charge >= 0.3 is 0 Å². The second-order valence-electron chi connectivity index (χ2n) is 5.42. The number of anilines is 1. The van der Waals surface area contributed by atoms with Gasteiger partial charge in [0.15, 0.2) is 0 Å². The average Bonchev–Trinajstić information content (AvgIpc) is 2.70. The van der Waals surface area contributed by atoms with Gasteiger partial charge in [0.1, 0.15) is 11.7 Å². The third-order valence-electron chi connectivity index (χ3n) is 2.45. The van der Waals surface area contributed by atoms with Crippen molar-refractivity contribution in [1.82, 2.24) is 9.10 Å². The van der Waals surface area contributed by atoms with Crippen molar-refractivity contribution >= 4 is 33.2 Å². The number of hydrogen-bond acceptors (Lipinski definition) is 6. The summed E-state index contributed by atoms with van der Waals surface area (Å²) in [6.07, 6.45) is 1.02. The molecule has 7 nitrogen and oxygen atoms in total. The molecular weight excluding hydrogens is 302 g/mol. The molecule has 0 fully saturated rings. The molecule has 0 spiro atoms. The number of sulfonamides is 1. The highest BCUT2D eigenvalue weighted by atomic mass is 32.2.